The summed E-state index contributed by atoms with van der Waals surface area (Å²) < 4.78 is 0. The Morgan fingerprint density at radius 3 is 2.62 bits per heavy atom. The van der Waals surface area contributed by atoms with Crippen LogP contribution in [-0.4, -0.2) is 10.9 Å². The lowest BCUT2D eigenvalue weighted by Gasteiger charge is -2.59. The van der Waals surface area contributed by atoms with Gasteiger partial charge in [0.2, 0.25) is 0 Å². The van der Waals surface area contributed by atoms with Crippen LogP contribution in [0.4, 0.5) is 0 Å². The molecular weight excluding hydrogens is 258 g/mol. The van der Waals surface area contributed by atoms with Gasteiger partial charge in [-0.1, -0.05) is 38.3 Å². The van der Waals surface area contributed by atoms with Crippen LogP contribution in [0.25, 0.3) is 0 Å². The minimum atomic E-state index is 0.529. The average molecular weight is 289 g/mol. The van der Waals surface area contributed by atoms with Crippen molar-refractivity contribution in [2.24, 2.45) is 39.7 Å². The van der Waals surface area contributed by atoms with E-state index >= 15 is 0 Å². The van der Waals surface area contributed by atoms with Crippen molar-refractivity contribution in [2.45, 2.75) is 78.1 Å². The minimum absolute atomic E-state index is 0.529. The third-order valence-electron chi connectivity index (χ3n) is 8.32. The smallest absolute Gasteiger partial charge is 0.0610 e. The quantitative estimate of drug-likeness (QED) is 0.479. The molecule has 4 aliphatic rings. The summed E-state index contributed by atoms with van der Waals surface area (Å²) in [6.07, 6.45) is 13.6. The third-order valence-corrected chi connectivity index (χ3v) is 8.32. The van der Waals surface area contributed by atoms with E-state index < -0.39 is 0 Å². The van der Waals surface area contributed by atoms with Gasteiger partial charge in [-0.3, -0.25) is 0 Å². The number of hydrogen-bond donors (Lipinski definition) is 1. The Labute approximate surface area is 129 Å². The van der Waals surface area contributed by atoms with Gasteiger partial charge in [0, 0.05) is 5.92 Å². The van der Waals surface area contributed by atoms with Crippen molar-refractivity contribution in [2.75, 3.05) is 0 Å². The lowest BCUT2D eigenvalue weighted by Crippen LogP contribution is -2.55. The summed E-state index contributed by atoms with van der Waals surface area (Å²) >= 11 is 0. The molecule has 0 amide bonds. The molecule has 118 valence electrons. The number of rotatable bonds is 0. The molecule has 0 aromatic carbocycles. The Kier molecular flexibility index (Phi) is 3.17. The number of fused-ring (bicyclic) bond motifs is 5. The fraction of sp³-hybridized carbons (Fsp3) is 0.947. The van der Waals surface area contributed by atoms with E-state index in [1.54, 1.807) is 0 Å². The van der Waals surface area contributed by atoms with E-state index in [1.165, 1.54) is 63.5 Å². The molecule has 4 rings (SSSR count). The van der Waals surface area contributed by atoms with Crippen LogP contribution in [0.1, 0.15) is 78.1 Å². The van der Waals surface area contributed by atoms with Crippen molar-refractivity contribution < 1.29 is 5.21 Å². The summed E-state index contributed by atoms with van der Waals surface area (Å²) in [5.74, 6) is 2.96. The number of hydrogen-bond acceptors (Lipinski definition) is 2. The Morgan fingerprint density at radius 2 is 1.81 bits per heavy atom. The predicted octanol–water partition coefficient (Wildman–Crippen LogP) is 5.25. The molecule has 4 aliphatic carbocycles. The Morgan fingerprint density at radius 1 is 0.952 bits per heavy atom. The van der Waals surface area contributed by atoms with Crippen LogP contribution in [-0.2, 0) is 0 Å². The summed E-state index contributed by atoms with van der Waals surface area (Å²) in [7, 11) is 0. The van der Waals surface area contributed by atoms with Gasteiger partial charge in [0.05, 0.1) is 5.71 Å². The van der Waals surface area contributed by atoms with Gasteiger partial charge in [-0.25, -0.2) is 0 Å². The summed E-state index contributed by atoms with van der Waals surface area (Å²) in [5, 5.41) is 13.6. The van der Waals surface area contributed by atoms with Crippen molar-refractivity contribution in [3.05, 3.63) is 0 Å². The first-order chi connectivity index (χ1) is 10.1. The maximum absolute atomic E-state index is 9.70. The van der Waals surface area contributed by atoms with Gasteiger partial charge in [0.15, 0.2) is 0 Å². The molecule has 0 radical (unpaired) electrons. The van der Waals surface area contributed by atoms with E-state index in [1.807, 2.05) is 0 Å². The van der Waals surface area contributed by atoms with Crippen molar-refractivity contribution in [3.63, 3.8) is 0 Å². The molecule has 0 saturated heterocycles. The zero-order valence-corrected chi connectivity index (χ0v) is 13.8. The molecule has 0 bridgehead atoms. The van der Waals surface area contributed by atoms with Crippen molar-refractivity contribution in [1.29, 1.82) is 0 Å². The van der Waals surface area contributed by atoms with Gasteiger partial charge < -0.3 is 5.21 Å². The van der Waals surface area contributed by atoms with Gasteiger partial charge in [0.25, 0.3) is 0 Å². The van der Waals surface area contributed by atoms with Crippen LogP contribution in [0, 0.1) is 34.5 Å². The fourth-order valence-corrected chi connectivity index (χ4v) is 7.08. The monoisotopic (exact) mass is 289 g/mol. The highest BCUT2D eigenvalue weighted by Crippen LogP contribution is 2.65. The van der Waals surface area contributed by atoms with E-state index in [2.05, 4.69) is 19.0 Å². The molecule has 21 heavy (non-hydrogen) atoms. The summed E-state index contributed by atoms with van der Waals surface area (Å²) in [4.78, 5) is 0. The van der Waals surface area contributed by atoms with Gasteiger partial charge in [0.1, 0.15) is 0 Å². The summed E-state index contributed by atoms with van der Waals surface area (Å²) in [6, 6.07) is 0. The first kappa shape index (κ1) is 14.1. The highest BCUT2D eigenvalue weighted by molar-refractivity contribution is 5.88. The average Bonchev–Trinajstić information content (AvgIpc) is 2.87. The fourth-order valence-electron chi connectivity index (χ4n) is 7.08. The molecule has 0 heterocycles. The van der Waals surface area contributed by atoms with Crippen molar-refractivity contribution in [1.82, 2.24) is 0 Å². The Hall–Kier alpha value is -0.530. The van der Waals surface area contributed by atoms with E-state index in [4.69, 9.17) is 0 Å². The topological polar surface area (TPSA) is 32.6 Å². The van der Waals surface area contributed by atoms with Crippen LogP contribution < -0.4 is 0 Å². The summed E-state index contributed by atoms with van der Waals surface area (Å²) in [5.41, 5.74) is 2.25. The second-order valence-electron chi connectivity index (χ2n) is 9.07. The van der Waals surface area contributed by atoms with Crippen LogP contribution >= 0.6 is 0 Å². The normalized spacial score (nSPS) is 54.9. The van der Waals surface area contributed by atoms with Crippen LogP contribution in [0.5, 0.6) is 0 Å². The maximum atomic E-state index is 9.70. The van der Waals surface area contributed by atoms with Crippen LogP contribution in [0.2, 0.25) is 0 Å². The van der Waals surface area contributed by atoms with Crippen LogP contribution in [0.15, 0.2) is 5.16 Å². The zero-order valence-electron chi connectivity index (χ0n) is 13.8. The van der Waals surface area contributed by atoms with Gasteiger partial charge >= 0.3 is 0 Å². The summed E-state index contributed by atoms with van der Waals surface area (Å²) in [6.45, 7) is 5.10. The molecule has 4 saturated carbocycles. The highest BCUT2D eigenvalue weighted by Gasteiger charge is 2.59. The van der Waals surface area contributed by atoms with Crippen molar-refractivity contribution in [3.8, 4) is 0 Å². The first-order valence-electron chi connectivity index (χ1n) is 9.29. The van der Waals surface area contributed by atoms with E-state index in [9.17, 15) is 5.21 Å². The number of oxime groups is 1. The predicted molar refractivity (Wildman–Crippen MR) is 85.6 cm³/mol. The van der Waals surface area contributed by atoms with Gasteiger partial charge in [-0.05, 0) is 73.5 Å². The molecule has 1 N–H and O–H groups in total. The second-order valence-corrected chi connectivity index (χ2v) is 9.07. The number of nitrogens with zero attached hydrogens (tertiary/aromatic N) is 1. The Balaban J connectivity index is 1.74. The molecule has 2 nitrogen and oxygen atoms in total. The zero-order chi connectivity index (χ0) is 14.7. The van der Waals surface area contributed by atoms with Gasteiger partial charge in [-0.15, -0.1) is 0 Å². The van der Waals surface area contributed by atoms with E-state index in [0.717, 1.165) is 24.2 Å². The van der Waals surface area contributed by atoms with Crippen molar-refractivity contribution >= 4 is 5.71 Å². The molecule has 0 spiro atoms. The molecule has 1 unspecified atom stereocenters. The largest absolute Gasteiger partial charge is 0.411 e. The standard InChI is InChI=1S/C19H31NO/c1-18-9-5-7-14(18)17-15(8-11-18)19(2)10-4-3-6-13(19)12-16(17)20-21/h13-15,17,21H,3-12H2,1-2H3/b20-16-/t13?,14-,15-,17-,18-,19-/m0/s1. The molecule has 2 heteroatoms. The maximum Gasteiger partial charge on any atom is 0.0610 e. The lowest BCUT2D eigenvalue weighted by molar-refractivity contribution is -0.0580. The second kappa shape index (κ2) is 4.73. The van der Waals surface area contributed by atoms with E-state index in [-0.39, 0.29) is 0 Å². The molecular formula is C19H31NO. The lowest BCUT2D eigenvalue weighted by atomic mass is 9.45. The van der Waals surface area contributed by atoms with Crippen LogP contribution in [0.3, 0.4) is 0 Å². The van der Waals surface area contributed by atoms with Gasteiger partial charge in [-0.2, -0.15) is 0 Å². The molecule has 0 aliphatic heterocycles. The molecule has 0 aromatic heterocycles. The minimum Gasteiger partial charge on any atom is -0.411 e. The molecule has 0 aromatic rings. The SMILES string of the molecule is C[C@@]12CCC[C@H]1[C@@H]1/C(=N\O)CC3CCCC[C@]3(C)[C@H]1CC2. The highest BCUT2D eigenvalue weighted by atomic mass is 16.4. The van der Waals surface area contributed by atoms with E-state index in [0.29, 0.717) is 16.7 Å². The molecule has 6 atom stereocenters. The first-order valence-corrected chi connectivity index (χ1v) is 9.29. The third kappa shape index (κ3) is 1.86. The molecule has 4 fully saturated rings. The Bertz CT molecular complexity index is 458.